The summed E-state index contributed by atoms with van der Waals surface area (Å²) in [6.07, 6.45) is 5.71. The first kappa shape index (κ1) is 32.9. The lowest BCUT2D eigenvalue weighted by Crippen LogP contribution is -2.55. The van der Waals surface area contributed by atoms with Crippen molar-refractivity contribution in [3.8, 4) is 29.6 Å². The van der Waals surface area contributed by atoms with Gasteiger partial charge in [0.25, 0.3) is 5.91 Å². The Kier molecular flexibility index (Phi) is 12.4. The predicted molar refractivity (Wildman–Crippen MR) is 155 cm³/mol. The molecule has 5 N–H and O–H groups in total. The van der Waals surface area contributed by atoms with Gasteiger partial charge in [0.15, 0.2) is 11.5 Å². The average molecular weight is 633 g/mol. The number of carbonyl (C=O) groups is 3. The van der Waals surface area contributed by atoms with E-state index in [1.165, 1.54) is 25.5 Å². The van der Waals surface area contributed by atoms with Crippen LogP contribution in [0.1, 0.15) is 31.9 Å². The van der Waals surface area contributed by atoms with Gasteiger partial charge in [-0.2, -0.15) is 5.10 Å². The maximum atomic E-state index is 13.1. The van der Waals surface area contributed by atoms with E-state index in [0.29, 0.717) is 27.1 Å². The van der Waals surface area contributed by atoms with Crippen molar-refractivity contribution in [1.29, 1.82) is 0 Å². The van der Waals surface area contributed by atoms with Gasteiger partial charge in [-0.3, -0.25) is 9.59 Å². The number of rotatable bonds is 12. The first-order chi connectivity index (χ1) is 19.4. The molecule has 3 amide bonds. The number of ether oxygens (including phenoxy) is 3. The minimum absolute atomic E-state index is 0.0124. The third-order valence-corrected chi connectivity index (χ3v) is 5.73. The number of amides is 3. The highest BCUT2D eigenvalue weighted by Gasteiger charge is 2.28. The van der Waals surface area contributed by atoms with Crippen molar-refractivity contribution in [2.45, 2.75) is 44.9 Å². The third-order valence-electron chi connectivity index (χ3n) is 5.14. The molecular formula is C28H33BrN4O8. The Hall–Kier alpha value is -4.28. The highest BCUT2D eigenvalue weighted by atomic mass is 79.9. The lowest BCUT2D eigenvalue weighted by molar-refractivity contribution is -0.130. The molecule has 0 spiro atoms. The molecule has 2 aromatic rings. The van der Waals surface area contributed by atoms with Crippen LogP contribution in [0.2, 0.25) is 0 Å². The highest BCUT2D eigenvalue weighted by Crippen LogP contribution is 2.36. The Balaban J connectivity index is 2.20. The number of aromatic hydroxyl groups is 1. The molecule has 0 aromatic heterocycles. The van der Waals surface area contributed by atoms with Crippen LogP contribution in [0, 0.1) is 12.3 Å². The number of benzene rings is 2. The molecule has 0 aliphatic rings. The molecule has 0 saturated heterocycles. The van der Waals surface area contributed by atoms with Crippen molar-refractivity contribution in [2.24, 2.45) is 5.10 Å². The van der Waals surface area contributed by atoms with Crippen LogP contribution in [0.15, 0.2) is 46.0 Å². The van der Waals surface area contributed by atoms with Crippen molar-refractivity contribution in [3.63, 3.8) is 0 Å². The maximum Gasteiger partial charge on any atom is 0.408 e. The average Bonchev–Trinajstić information content (AvgIpc) is 2.90. The van der Waals surface area contributed by atoms with Crippen molar-refractivity contribution >= 4 is 40.1 Å². The molecule has 0 unspecified atom stereocenters. The summed E-state index contributed by atoms with van der Waals surface area (Å²) in [5.74, 6) is 1.68. The van der Waals surface area contributed by atoms with Crippen molar-refractivity contribution in [2.75, 3.05) is 20.3 Å². The van der Waals surface area contributed by atoms with Crippen LogP contribution in [0.25, 0.3) is 0 Å². The Morgan fingerprint density at radius 2 is 1.80 bits per heavy atom. The maximum absolute atomic E-state index is 13.1. The molecule has 0 heterocycles. The second kappa shape index (κ2) is 15.5. The van der Waals surface area contributed by atoms with Gasteiger partial charge in [0, 0.05) is 6.42 Å². The van der Waals surface area contributed by atoms with Gasteiger partial charge in [-0.05, 0) is 72.1 Å². The van der Waals surface area contributed by atoms with E-state index in [-0.39, 0.29) is 18.8 Å². The van der Waals surface area contributed by atoms with Crippen LogP contribution in [0.3, 0.4) is 0 Å². The van der Waals surface area contributed by atoms with Gasteiger partial charge in [-0.15, -0.1) is 6.42 Å². The minimum atomic E-state index is -1.39. The quantitative estimate of drug-likeness (QED) is 0.135. The van der Waals surface area contributed by atoms with Gasteiger partial charge >= 0.3 is 6.09 Å². The number of terminal acetylenes is 1. The van der Waals surface area contributed by atoms with E-state index in [1.807, 2.05) is 0 Å². The van der Waals surface area contributed by atoms with E-state index in [9.17, 15) is 24.6 Å². The normalized spacial score (nSPS) is 12.5. The number of phenols is 1. The summed E-state index contributed by atoms with van der Waals surface area (Å²) < 4.78 is 16.5. The number of phenolic OH excluding ortho intramolecular Hbond substituents is 1. The van der Waals surface area contributed by atoms with Crippen molar-refractivity contribution in [3.05, 3.63) is 52.0 Å². The Bertz CT molecular complexity index is 1290. The number of nitrogens with one attached hydrogen (secondary N) is 3. The van der Waals surface area contributed by atoms with Crippen LogP contribution in [-0.2, 0) is 20.7 Å². The molecule has 0 bridgehead atoms. The van der Waals surface area contributed by atoms with Crippen molar-refractivity contribution < 1.29 is 38.8 Å². The molecule has 0 fully saturated rings. The Morgan fingerprint density at radius 3 is 2.39 bits per heavy atom. The summed E-state index contributed by atoms with van der Waals surface area (Å²) in [6, 6.07) is 6.79. The molecule has 2 rings (SSSR count). The fourth-order valence-electron chi connectivity index (χ4n) is 3.31. The molecule has 0 aliphatic carbocycles. The van der Waals surface area contributed by atoms with E-state index in [2.05, 4.69) is 43.0 Å². The molecular weight excluding hydrogens is 600 g/mol. The zero-order valence-electron chi connectivity index (χ0n) is 23.1. The number of hydrazone groups is 1. The molecule has 220 valence electrons. The largest absolute Gasteiger partial charge is 0.508 e. The fraction of sp³-hybridized carbons (Fsp3) is 0.357. The van der Waals surface area contributed by atoms with E-state index in [1.54, 1.807) is 45.0 Å². The fourth-order valence-corrected chi connectivity index (χ4v) is 3.88. The summed E-state index contributed by atoms with van der Waals surface area (Å²) in [7, 11) is 1.46. The lowest BCUT2D eigenvalue weighted by Gasteiger charge is -2.24. The second-order valence-electron chi connectivity index (χ2n) is 9.57. The van der Waals surface area contributed by atoms with Crippen molar-refractivity contribution in [1.82, 2.24) is 16.1 Å². The Morgan fingerprint density at radius 1 is 1.12 bits per heavy atom. The third kappa shape index (κ3) is 11.0. The molecule has 41 heavy (non-hydrogen) atoms. The first-order valence-electron chi connectivity index (χ1n) is 12.3. The number of nitrogens with zero attached hydrogens (tertiary/aromatic N) is 1. The summed E-state index contributed by atoms with van der Waals surface area (Å²) >= 11 is 3.39. The molecule has 12 nitrogen and oxygen atoms in total. The monoisotopic (exact) mass is 632 g/mol. The van der Waals surface area contributed by atoms with Gasteiger partial charge in [0.1, 0.15) is 30.0 Å². The number of methoxy groups -OCH3 is 1. The van der Waals surface area contributed by atoms with Crippen LogP contribution >= 0.6 is 15.9 Å². The summed E-state index contributed by atoms with van der Waals surface area (Å²) in [5, 5.41) is 28.1. The molecule has 2 aromatic carbocycles. The SMILES string of the molecule is C#CCOc1c(Br)cc(/C=N\NC(=O)[C@H](Cc2ccc(O)cc2)NC(=O)[C@H](CO)NC(=O)OC(C)(C)C)cc1OC. The van der Waals surface area contributed by atoms with E-state index < -0.39 is 42.2 Å². The number of aliphatic hydroxyl groups excluding tert-OH is 1. The van der Waals surface area contributed by atoms with E-state index in [4.69, 9.17) is 20.6 Å². The Labute approximate surface area is 246 Å². The number of hydrogen-bond donors (Lipinski definition) is 5. The molecule has 13 heteroatoms. The second-order valence-corrected chi connectivity index (χ2v) is 10.4. The molecule has 2 atom stereocenters. The number of aliphatic hydroxyl groups is 1. The topological polar surface area (TPSA) is 168 Å². The minimum Gasteiger partial charge on any atom is -0.508 e. The van der Waals surface area contributed by atoms with Gasteiger partial charge in [-0.1, -0.05) is 18.1 Å². The van der Waals surface area contributed by atoms with Gasteiger partial charge in [0.2, 0.25) is 5.91 Å². The summed E-state index contributed by atoms with van der Waals surface area (Å²) in [6.45, 7) is 4.24. The van der Waals surface area contributed by atoms with E-state index in [0.717, 1.165) is 0 Å². The summed E-state index contributed by atoms with van der Waals surface area (Å²) in [5.41, 5.74) is 2.72. The summed E-state index contributed by atoms with van der Waals surface area (Å²) in [4.78, 5) is 38.1. The van der Waals surface area contributed by atoms with Gasteiger partial charge < -0.3 is 35.1 Å². The zero-order chi connectivity index (χ0) is 30.6. The van der Waals surface area contributed by atoms with Crippen LogP contribution < -0.4 is 25.5 Å². The molecule has 0 radical (unpaired) electrons. The number of carbonyl (C=O) groups excluding carboxylic acids is 3. The van der Waals surface area contributed by atoms with Gasteiger partial charge in [0.05, 0.1) is 24.4 Å². The predicted octanol–water partition coefficient (Wildman–Crippen LogP) is 2.24. The number of hydrogen-bond acceptors (Lipinski definition) is 9. The smallest absolute Gasteiger partial charge is 0.408 e. The van der Waals surface area contributed by atoms with E-state index >= 15 is 0 Å². The van der Waals surface area contributed by atoms with Crippen LogP contribution in [0.4, 0.5) is 4.79 Å². The first-order valence-corrected chi connectivity index (χ1v) is 13.1. The number of halogens is 1. The highest BCUT2D eigenvalue weighted by molar-refractivity contribution is 9.10. The van der Waals surface area contributed by atoms with Crippen LogP contribution in [-0.4, -0.2) is 72.3 Å². The van der Waals surface area contributed by atoms with Gasteiger partial charge in [-0.25, -0.2) is 10.2 Å². The lowest BCUT2D eigenvalue weighted by atomic mass is 10.0. The zero-order valence-corrected chi connectivity index (χ0v) is 24.6. The number of alkyl carbamates (subject to hydrolysis) is 1. The molecule has 0 saturated carbocycles. The van der Waals surface area contributed by atoms with Crippen LogP contribution in [0.5, 0.6) is 17.2 Å². The standard InChI is InChI=1S/C28H33BrN4O8/c1-6-11-40-24-20(29)12-18(14-23(24)39-5)15-30-33-26(37)21(13-17-7-9-19(35)10-8-17)31-25(36)22(16-34)32-27(38)41-28(2,3)4/h1,7-10,12,14-15,21-22,34-35H,11,13,16H2,2-5H3,(H,31,36)(H,32,38)(H,33,37)/b30-15-/t21-,22-/m0/s1. The molecule has 0 aliphatic heterocycles.